The van der Waals surface area contributed by atoms with Gasteiger partial charge in [-0.3, -0.25) is 0 Å². The van der Waals surface area contributed by atoms with Crippen LogP contribution in [0.25, 0.3) is 0 Å². The van der Waals surface area contributed by atoms with E-state index in [0.717, 1.165) is 27.4 Å². The zero-order chi connectivity index (χ0) is 11.7. The third kappa shape index (κ3) is 2.24. The van der Waals surface area contributed by atoms with E-state index in [1.165, 1.54) is 11.8 Å². The van der Waals surface area contributed by atoms with Crippen molar-refractivity contribution in [3.63, 3.8) is 0 Å². The summed E-state index contributed by atoms with van der Waals surface area (Å²) in [4.78, 5) is 13.1. The first kappa shape index (κ1) is 11.1. The number of hydrogen-bond donors (Lipinski definition) is 0. The van der Waals surface area contributed by atoms with E-state index < -0.39 is 0 Å². The van der Waals surface area contributed by atoms with Crippen molar-refractivity contribution in [3.8, 4) is 0 Å². The van der Waals surface area contributed by atoms with Crippen molar-refractivity contribution in [3.05, 3.63) is 29.3 Å². The standard InChI is InChI=1S/C11H14N4S/c1-7-5-8(2)14-10(13-7)16-11-12-6-9(3)15(11)4/h5-6H,1-4H3. The molecule has 2 aromatic rings. The minimum atomic E-state index is 0.756. The highest BCUT2D eigenvalue weighted by Crippen LogP contribution is 2.23. The number of aromatic nitrogens is 4. The Hall–Kier alpha value is -1.36. The second kappa shape index (κ2) is 4.25. The average molecular weight is 234 g/mol. The van der Waals surface area contributed by atoms with Gasteiger partial charge in [-0.05, 0) is 38.6 Å². The highest BCUT2D eigenvalue weighted by Gasteiger charge is 2.08. The predicted octanol–water partition coefficient (Wildman–Crippen LogP) is 2.29. The molecule has 0 aliphatic heterocycles. The molecule has 0 aromatic carbocycles. The second-order valence-corrected chi connectivity index (χ2v) is 4.71. The molecule has 0 radical (unpaired) electrons. The first-order valence-electron chi connectivity index (χ1n) is 5.04. The number of aryl methyl sites for hydroxylation is 3. The molecule has 2 rings (SSSR count). The van der Waals surface area contributed by atoms with Crippen LogP contribution in [0.3, 0.4) is 0 Å². The van der Waals surface area contributed by atoms with Crippen molar-refractivity contribution in [2.45, 2.75) is 31.1 Å². The molecule has 0 fully saturated rings. The molecule has 0 atom stereocenters. The molecule has 0 saturated carbocycles. The molecule has 16 heavy (non-hydrogen) atoms. The van der Waals surface area contributed by atoms with E-state index in [0.29, 0.717) is 0 Å². The lowest BCUT2D eigenvalue weighted by Crippen LogP contribution is -1.96. The Bertz CT molecular complexity index is 498. The maximum absolute atomic E-state index is 4.38. The molecule has 5 heteroatoms. The number of rotatable bonds is 2. The monoisotopic (exact) mass is 234 g/mol. The van der Waals surface area contributed by atoms with Crippen molar-refractivity contribution < 1.29 is 0 Å². The Morgan fingerprint density at radius 3 is 2.25 bits per heavy atom. The summed E-state index contributed by atoms with van der Waals surface area (Å²) < 4.78 is 2.03. The van der Waals surface area contributed by atoms with Gasteiger partial charge in [-0.2, -0.15) is 0 Å². The molecule has 0 aliphatic carbocycles. The third-order valence-electron chi connectivity index (χ3n) is 2.32. The van der Waals surface area contributed by atoms with Crippen molar-refractivity contribution in [2.75, 3.05) is 0 Å². The fourth-order valence-electron chi connectivity index (χ4n) is 1.39. The van der Waals surface area contributed by atoms with E-state index in [9.17, 15) is 0 Å². The molecule has 2 heterocycles. The van der Waals surface area contributed by atoms with E-state index >= 15 is 0 Å². The zero-order valence-corrected chi connectivity index (χ0v) is 10.7. The van der Waals surface area contributed by atoms with Crippen molar-refractivity contribution in [2.24, 2.45) is 7.05 Å². The molecule has 4 nitrogen and oxygen atoms in total. The summed E-state index contributed by atoms with van der Waals surface area (Å²) >= 11 is 1.49. The van der Waals surface area contributed by atoms with Gasteiger partial charge < -0.3 is 4.57 Å². The Morgan fingerprint density at radius 1 is 1.12 bits per heavy atom. The third-order valence-corrected chi connectivity index (χ3v) is 3.25. The van der Waals surface area contributed by atoms with Gasteiger partial charge in [-0.15, -0.1) is 0 Å². The minimum absolute atomic E-state index is 0.756. The van der Waals surface area contributed by atoms with Crippen LogP contribution in [0.4, 0.5) is 0 Å². The molecule has 0 spiro atoms. The summed E-state index contributed by atoms with van der Waals surface area (Å²) in [5, 5.41) is 1.67. The molecule has 0 bridgehead atoms. The molecule has 0 unspecified atom stereocenters. The molecule has 2 aromatic heterocycles. The average Bonchev–Trinajstić information content (AvgIpc) is 2.48. The number of imidazole rings is 1. The zero-order valence-electron chi connectivity index (χ0n) is 9.85. The van der Waals surface area contributed by atoms with Gasteiger partial charge in [0.15, 0.2) is 10.3 Å². The van der Waals surface area contributed by atoms with Crippen LogP contribution in [0.5, 0.6) is 0 Å². The van der Waals surface area contributed by atoms with Crippen LogP contribution in [-0.2, 0) is 7.05 Å². The molecular formula is C11H14N4S. The molecule has 0 amide bonds. The van der Waals surface area contributed by atoms with Gasteiger partial charge in [0.1, 0.15) is 0 Å². The minimum Gasteiger partial charge on any atom is -0.326 e. The Labute approximate surface area is 99.1 Å². The SMILES string of the molecule is Cc1cc(C)nc(Sc2ncc(C)n2C)n1. The lowest BCUT2D eigenvalue weighted by molar-refractivity contribution is 0.761. The lowest BCUT2D eigenvalue weighted by Gasteiger charge is -2.03. The summed E-state index contributed by atoms with van der Waals surface area (Å²) in [5.41, 5.74) is 3.11. The van der Waals surface area contributed by atoms with Crippen molar-refractivity contribution >= 4 is 11.8 Å². The number of nitrogens with zero attached hydrogens (tertiary/aromatic N) is 4. The van der Waals surface area contributed by atoms with Crippen LogP contribution < -0.4 is 0 Å². The fraction of sp³-hybridized carbons (Fsp3) is 0.364. The normalized spacial score (nSPS) is 10.8. The summed E-state index contributed by atoms with van der Waals surface area (Å²) in [6.45, 7) is 5.98. The fourth-order valence-corrected chi connectivity index (χ4v) is 2.32. The quantitative estimate of drug-likeness (QED) is 0.748. The molecule has 0 saturated heterocycles. The van der Waals surface area contributed by atoms with E-state index in [1.54, 1.807) is 0 Å². The van der Waals surface area contributed by atoms with Gasteiger partial charge in [0.05, 0.1) is 0 Å². The van der Waals surface area contributed by atoms with Crippen LogP contribution in [0.15, 0.2) is 22.6 Å². The summed E-state index contributed by atoms with van der Waals surface area (Å²) in [6.07, 6.45) is 1.85. The second-order valence-electron chi connectivity index (χ2n) is 3.78. The smallest absolute Gasteiger partial charge is 0.195 e. The predicted molar refractivity (Wildman–Crippen MR) is 63.6 cm³/mol. The Kier molecular flexibility index (Phi) is 2.96. The van der Waals surface area contributed by atoms with Crippen LogP contribution in [-0.4, -0.2) is 19.5 Å². The van der Waals surface area contributed by atoms with Gasteiger partial charge in [0.2, 0.25) is 0 Å². The van der Waals surface area contributed by atoms with Gasteiger partial charge in [0, 0.05) is 30.3 Å². The summed E-state index contributed by atoms with van der Waals surface area (Å²) in [5.74, 6) is 0. The Morgan fingerprint density at radius 2 is 1.75 bits per heavy atom. The first-order valence-corrected chi connectivity index (χ1v) is 5.86. The molecule has 0 aliphatic rings. The van der Waals surface area contributed by atoms with Gasteiger partial charge in [-0.1, -0.05) is 0 Å². The lowest BCUT2D eigenvalue weighted by atomic mass is 10.4. The maximum atomic E-state index is 4.38. The Balaban J connectivity index is 2.30. The summed E-state index contributed by atoms with van der Waals surface area (Å²) in [6, 6.07) is 1.97. The van der Waals surface area contributed by atoms with E-state index in [-0.39, 0.29) is 0 Å². The topological polar surface area (TPSA) is 43.6 Å². The van der Waals surface area contributed by atoms with Gasteiger partial charge in [0.25, 0.3) is 0 Å². The van der Waals surface area contributed by atoms with E-state index in [2.05, 4.69) is 15.0 Å². The van der Waals surface area contributed by atoms with E-state index in [1.807, 2.05) is 44.6 Å². The maximum Gasteiger partial charge on any atom is 0.195 e. The first-order chi connectivity index (χ1) is 7.56. The van der Waals surface area contributed by atoms with Crippen LogP contribution in [0, 0.1) is 20.8 Å². The van der Waals surface area contributed by atoms with Crippen LogP contribution in [0.1, 0.15) is 17.1 Å². The van der Waals surface area contributed by atoms with E-state index in [4.69, 9.17) is 0 Å². The van der Waals surface area contributed by atoms with Crippen LogP contribution >= 0.6 is 11.8 Å². The summed E-state index contributed by atoms with van der Waals surface area (Å²) in [7, 11) is 1.99. The highest BCUT2D eigenvalue weighted by atomic mass is 32.2. The van der Waals surface area contributed by atoms with Crippen molar-refractivity contribution in [1.29, 1.82) is 0 Å². The molecular weight excluding hydrogens is 220 g/mol. The molecule has 84 valence electrons. The van der Waals surface area contributed by atoms with Crippen LogP contribution in [0.2, 0.25) is 0 Å². The molecule has 0 N–H and O–H groups in total. The number of hydrogen-bond acceptors (Lipinski definition) is 4. The van der Waals surface area contributed by atoms with Gasteiger partial charge in [-0.25, -0.2) is 15.0 Å². The largest absolute Gasteiger partial charge is 0.326 e. The van der Waals surface area contributed by atoms with Crippen molar-refractivity contribution in [1.82, 2.24) is 19.5 Å². The van der Waals surface area contributed by atoms with Gasteiger partial charge >= 0.3 is 0 Å². The highest BCUT2D eigenvalue weighted by molar-refractivity contribution is 7.99.